The molecular weight excluding hydrogens is 240 g/mol. The molecule has 0 unspecified atom stereocenters. The molecule has 4 heteroatoms. The van der Waals surface area contributed by atoms with Crippen LogP contribution in [0.3, 0.4) is 0 Å². The Balaban J connectivity index is 2.07. The number of nitrogens with one attached hydrogen (secondary N) is 2. The average molecular weight is 252 g/mol. The maximum Gasteiger partial charge on any atom is 0.326 e. The van der Waals surface area contributed by atoms with E-state index in [9.17, 15) is 9.59 Å². The van der Waals surface area contributed by atoms with Gasteiger partial charge >= 0.3 is 5.69 Å². The SMILES string of the molecule is O=c1[nH]c(=O)c2cc(Cc3ccccc3)ccc2[nH]1. The number of hydrogen-bond donors (Lipinski definition) is 2. The summed E-state index contributed by atoms with van der Waals surface area (Å²) in [6.45, 7) is 0. The summed E-state index contributed by atoms with van der Waals surface area (Å²) in [7, 11) is 0. The lowest BCUT2D eigenvalue weighted by molar-refractivity contribution is 1.08. The van der Waals surface area contributed by atoms with Crippen LogP contribution in [-0.2, 0) is 6.42 Å². The molecule has 0 aliphatic heterocycles. The van der Waals surface area contributed by atoms with E-state index in [1.165, 1.54) is 5.56 Å². The molecule has 0 saturated heterocycles. The normalized spacial score (nSPS) is 10.7. The van der Waals surface area contributed by atoms with Crippen molar-refractivity contribution in [3.8, 4) is 0 Å². The van der Waals surface area contributed by atoms with Crippen molar-refractivity contribution in [3.63, 3.8) is 0 Å². The fourth-order valence-corrected chi connectivity index (χ4v) is 2.15. The van der Waals surface area contributed by atoms with Crippen LogP contribution in [0, 0.1) is 0 Å². The number of aromatic amines is 2. The predicted molar refractivity (Wildman–Crippen MR) is 74.4 cm³/mol. The lowest BCUT2D eigenvalue weighted by Crippen LogP contribution is -2.21. The molecule has 0 amide bonds. The van der Waals surface area contributed by atoms with Crippen molar-refractivity contribution in [2.45, 2.75) is 6.42 Å². The summed E-state index contributed by atoms with van der Waals surface area (Å²) in [5.41, 5.74) is 1.95. The van der Waals surface area contributed by atoms with Crippen LogP contribution in [0.1, 0.15) is 11.1 Å². The Morgan fingerprint density at radius 3 is 2.42 bits per heavy atom. The largest absolute Gasteiger partial charge is 0.326 e. The van der Waals surface area contributed by atoms with Crippen LogP contribution >= 0.6 is 0 Å². The van der Waals surface area contributed by atoms with E-state index < -0.39 is 5.69 Å². The molecule has 0 radical (unpaired) electrons. The molecule has 3 rings (SSSR count). The number of benzene rings is 2. The highest BCUT2D eigenvalue weighted by Crippen LogP contribution is 2.13. The van der Waals surface area contributed by atoms with E-state index in [0.29, 0.717) is 10.9 Å². The van der Waals surface area contributed by atoms with Crippen molar-refractivity contribution in [3.05, 3.63) is 80.5 Å². The molecule has 3 aromatic rings. The van der Waals surface area contributed by atoms with Crippen LogP contribution < -0.4 is 11.2 Å². The van der Waals surface area contributed by atoms with Crippen LogP contribution in [0.15, 0.2) is 58.1 Å². The van der Waals surface area contributed by atoms with Crippen LogP contribution in [0.4, 0.5) is 0 Å². The summed E-state index contributed by atoms with van der Waals surface area (Å²) in [6, 6.07) is 15.5. The van der Waals surface area contributed by atoms with Gasteiger partial charge in [0.2, 0.25) is 0 Å². The first-order valence-electron chi connectivity index (χ1n) is 6.01. The van der Waals surface area contributed by atoms with E-state index in [2.05, 4.69) is 9.97 Å². The Morgan fingerprint density at radius 1 is 0.842 bits per heavy atom. The van der Waals surface area contributed by atoms with E-state index in [-0.39, 0.29) is 5.56 Å². The minimum atomic E-state index is -0.478. The van der Waals surface area contributed by atoms with E-state index in [0.717, 1.165) is 12.0 Å². The lowest BCUT2D eigenvalue weighted by atomic mass is 10.0. The molecule has 0 bridgehead atoms. The number of rotatable bonds is 2. The average Bonchev–Trinajstić information content (AvgIpc) is 2.40. The summed E-state index contributed by atoms with van der Waals surface area (Å²) in [4.78, 5) is 27.7. The number of fused-ring (bicyclic) bond motifs is 1. The van der Waals surface area contributed by atoms with Gasteiger partial charge in [-0.2, -0.15) is 0 Å². The van der Waals surface area contributed by atoms with Crippen LogP contribution in [0.25, 0.3) is 10.9 Å². The zero-order valence-electron chi connectivity index (χ0n) is 10.1. The standard InChI is InChI=1S/C15H12N2O2/c18-14-12-9-11(8-10-4-2-1-3-5-10)6-7-13(12)16-15(19)17-14/h1-7,9H,8H2,(H2,16,17,18,19). The van der Waals surface area contributed by atoms with E-state index in [1.54, 1.807) is 6.07 Å². The fraction of sp³-hybridized carbons (Fsp3) is 0.0667. The lowest BCUT2D eigenvalue weighted by Gasteiger charge is -2.03. The molecule has 0 saturated carbocycles. The summed E-state index contributed by atoms with van der Waals surface area (Å²) in [6.07, 6.45) is 0.759. The molecule has 19 heavy (non-hydrogen) atoms. The maximum absolute atomic E-state index is 11.7. The molecule has 1 aromatic heterocycles. The Kier molecular flexibility index (Phi) is 2.76. The molecule has 2 aromatic carbocycles. The van der Waals surface area contributed by atoms with Gasteiger partial charge in [0.15, 0.2) is 0 Å². The second-order valence-electron chi connectivity index (χ2n) is 4.45. The monoisotopic (exact) mass is 252 g/mol. The van der Waals surface area contributed by atoms with Crippen molar-refractivity contribution in [1.29, 1.82) is 0 Å². The molecule has 0 spiro atoms. The van der Waals surface area contributed by atoms with Gasteiger partial charge in [-0.25, -0.2) is 4.79 Å². The first kappa shape index (κ1) is 11.5. The zero-order valence-corrected chi connectivity index (χ0v) is 10.1. The van der Waals surface area contributed by atoms with Crippen LogP contribution in [0.5, 0.6) is 0 Å². The maximum atomic E-state index is 11.7. The van der Waals surface area contributed by atoms with Crippen molar-refractivity contribution < 1.29 is 0 Å². The van der Waals surface area contributed by atoms with Crippen molar-refractivity contribution >= 4 is 10.9 Å². The zero-order chi connectivity index (χ0) is 13.2. The van der Waals surface area contributed by atoms with Gasteiger partial charge in [0.1, 0.15) is 0 Å². The van der Waals surface area contributed by atoms with Crippen LogP contribution in [-0.4, -0.2) is 9.97 Å². The Labute approximate surface area is 108 Å². The number of H-pyrrole nitrogens is 2. The predicted octanol–water partition coefficient (Wildman–Crippen LogP) is 1.81. The summed E-state index contributed by atoms with van der Waals surface area (Å²) < 4.78 is 0. The van der Waals surface area contributed by atoms with Gasteiger partial charge in [-0.1, -0.05) is 36.4 Å². The van der Waals surface area contributed by atoms with Gasteiger partial charge in [0.25, 0.3) is 5.56 Å². The first-order valence-corrected chi connectivity index (χ1v) is 6.01. The molecule has 0 fully saturated rings. The summed E-state index contributed by atoms with van der Waals surface area (Å²) >= 11 is 0. The third-order valence-corrected chi connectivity index (χ3v) is 3.05. The first-order chi connectivity index (χ1) is 9.22. The molecule has 0 aliphatic rings. The molecular formula is C15H12N2O2. The summed E-state index contributed by atoms with van der Waals surface area (Å²) in [5.74, 6) is 0. The van der Waals surface area contributed by atoms with Crippen molar-refractivity contribution in [2.75, 3.05) is 0 Å². The van der Waals surface area contributed by atoms with Crippen LogP contribution in [0.2, 0.25) is 0 Å². The van der Waals surface area contributed by atoms with Gasteiger partial charge in [-0.3, -0.25) is 9.78 Å². The highest BCUT2D eigenvalue weighted by Gasteiger charge is 2.03. The Bertz CT molecular complexity index is 832. The Hall–Kier alpha value is -2.62. The van der Waals surface area contributed by atoms with E-state index in [1.807, 2.05) is 42.5 Å². The van der Waals surface area contributed by atoms with Gasteiger partial charge < -0.3 is 4.98 Å². The number of hydrogen-bond acceptors (Lipinski definition) is 2. The van der Waals surface area contributed by atoms with Gasteiger partial charge in [0.05, 0.1) is 10.9 Å². The van der Waals surface area contributed by atoms with Gasteiger partial charge in [0, 0.05) is 0 Å². The number of aromatic nitrogens is 2. The van der Waals surface area contributed by atoms with Gasteiger partial charge in [-0.05, 0) is 29.7 Å². The molecule has 1 heterocycles. The molecule has 2 N–H and O–H groups in total. The summed E-state index contributed by atoms with van der Waals surface area (Å²) in [5, 5.41) is 0.507. The van der Waals surface area contributed by atoms with E-state index in [4.69, 9.17) is 0 Å². The third kappa shape index (κ3) is 2.33. The smallest absolute Gasteiger partial charge is 0.307 e. The highest BCUT2D eigenvalue weighted by atomic mass is 16.2. The molecule has 4 nitrogen and oxygen atoms in total. The van der Waals surface area contributed by atoms with Crippen molar-refractivity contribution in [2.24, 2.45) is 0 Å². The van der Waals surface area contributed by atoms with Crippen molar-refractivity contribution in [1.82, 2.24) is 9.97 Å². The molecule has 0 atom stereocenters. The van der Waals surface area contributed by atoms with E-state index >= 15 is 0 Å². The van der Waals surface area contributed by atoms with Gasteiger partial charge in [-0.15, -0.1) is 0 Å². The topological polar surface area (TPSA) is 65.7 Å². The molecule has 94 valence electrons. The minimum absolute atomic E-state index is 0.353. The third-order valence-electron chi connectivity index (χ3n) is 3.05. The Morgan fingerprint density at radius 2 is 1.63 bits per heavy atom. The highest BCUT2D eigenvalue weighted by molar-refractivity contribution is 5.77. The second-order valence-corrected chi connectivity index (χ2v) is 4.45. The second kappa shape index (κ2) is 4.57. The quantitative estimate of drug-likeness (QED) is 0.730. The molecule has 0 aliphatic carbocycles. The fourth-order valence-electron chi connectivity index (χ4n) is 2.15. The minimum Gasteiger partial charge on any atom is -0.307 e.